The Morgan fingerprint density at radius 1 is 0.952 bits per heavy atom. The molecule has 1 N–H and O–H groups in total. The number of rotatable bonds is 4. The molecular weight excluding hydrogens is 264 g/mol. The zero-order valence-corrected chi connectivity index (χ0v) is 11.8. The molecule has 0 atom stereocenters. The van der Waals surface area contributed by atoms with Crippen LogP contribution in [0.3, 0.4) is 0 Å². The van der Waals surface area contributed by atoms with E-state index in [1.165, 1.54) is 11.1 Å². The number of aromatic hydroxyl groups is 1. The topological polar surface area (TPSA) is 59.2 Å². The van der Waals surface area contributed by atoms with Crippen LogP contribution in [0, 0.1) is 6.92 Å². The molecular formula is C17H16N2O2. The van der Waals surface area contributed by atoms with E-state index >= 15 is 0 Å². The zero-order chi connectivity index (χ0) is 14.7. The first kappa shape index (κ1) is 13.4. The lowest BCUT2D eigenvalue weighted by Gasteiger charge is -1.98. The molecule has 0 aliphatic rings. The summed E-state index contributed by atoms with van der Waals surface area (Å²) in [5.41, 5.74) is 3.34. The second-order valence-electron chi connectivity index (χ2n) is 5.04. The first-order chi connectivity index (χ1) is 10.2. The lowest BCUT2D eigenvalue weighted by molar-refractivity contribution is 0.379. The van der Waals surface area contributed by atoms with E-state index in [1.807, 2.05) is 0 Å². The molecule has 0 saturated heterocycles. The summed E-state index contributed by atoms with van der Waals surface area (Å²) in [6, 6.07) is 15.2. The van der Waals surface area contributed by atoms with E-state index in [1.54, 1.807) is 24.3 Å². The highest BCUT2D eigenvalue weighted by molar-refractivity contribution is 5.55. The molecule has 0 aliphatic heterocycles. The van der Waals surface area contributed by atoms with E-state index in [0.717, 1.165) is 12.0 Å². The van der Waals surface area contributed by atoms with Crippen LogP contribution in [0.2, 0.25) is 0 Å². The van der Waals surface area contributed by atoms with Gasteiger partial charge in [0.15, 0.2) is 0 Å². The van der Waals surface area contributed by atoms with Crippen LogP contribution in [-0.4, -0.2) is 15.2 Å². The van der Waals surface area contributed by atoms with E-state index in [2.05, 4.69) is 41.3 Å². The number of hydrogen-bond donors (Lipinski definition) is 1. The number of hydrogen-bond acceptors (Lipinski definition) is 4. The average molecular weight is 280 g/mol. The number of phenolic OH excluding ortho intramolecular Hbond substituents is 1. The van der Waals surface area contributed by atoms with Crippen molar-refractivity contribution in [3.63, 3.8) is 0 Å². The molecule has 1 aromatic heterocycles. The Bertz CT molecular complexity index is 715. The van der Waals surface area contributed by atoms with Gasteiger partial charge in [-0.25, -0.2) is 0 Å². The monoisotopic (exact) mass is 280 g/mol. The predicted molar refractivity (Wildman–Crippen MR) is 80.0 cm³/mol. The molecule has 21 heavy (non-hydrogen) atoms. The molecule has 4 heteroatoms. The van der Waals surface area contributed by atoms with Gasteiger partial charge in [0.2, 0.25) is 11.7 Å². The summed E-state index contributed by atoms with van der Waals surface area (Å²) in [4.78, 5) is 4.38. The highest BCUT2D eigenvalue weighted by Crippen LogP contribution is 2.19. The van der Waals surface area contributed by atoms with E-state index in [-0.39, 0.29) is 5.75 Å². The van der Waals surface area contributed by atoms with E-state index < -0.39 is 0 Å². The number of aryl methyl sites for hydroxylation is 3. The highest BCUT2D eigenvalue weighted by Gasteiger charge is 2.08. The quantitative estimate of drug-likeness (QED) is 0.794. The normalized spacial score (nSPS) is 10.7. The van der Waals surface area contributed by atoms with Crippen molar-refractivity contribution in [1.82, 2.24) is 10.1 Å². The van der Waals surface area contributed by atoms with Crippen molar-refractivity contribution in [3.8, 4) is 17.1 Å². The summed E-state index contributed by atoms with van der Waals surface area (Å²) in [5.74, 6) is 1.40. The fourth-order valence-corrected chi connectivity index (χ4v) is 2.09. The molecule has 3 rings (SSSR count). The molecule has 0 saturated carbocycles. The maximum Gasteiger partial charge on any atom is 0.227 e. The van der Waals surface area contributed by atoms with E-state index in [9.17, 15) is 5.11 Å². The standard InChI is InChI=1S/C17H16N2O2/c1-12-2-4-13(5-3-12)6-11-16-18-17(19-21-16)14-7-9-15(20)10-8-14/h2-5,7-10,20H,6,11H2,1H3. The average Bonchev–Trinajstić information content (AvgIpc) is 2.96. The third-order valence-electron chi connectivity index (χ3n) is 3.34. The van der Waals surface area contributed by atoms with Gasteiger partial charge in [0.25, 0.3) is 0 Å². The summed E-state index contributed by atoms with van der Waals surface area (Å²) >= 11 is 0. The maximum atomic E-state index is 9.27. The minimum Gasteiger partial charge on any atom is -0.508 e. The molecule has 0 amide bonds. The molecule has 0 unspecified atom stereocenters. The molecule has 0 spiro atoms. The first-order valence-electron chi connectivity index (χ1n) is 6.88. The Morgan fingerprint density at radius 2 is 1.67 bits per heavy atom. The molecule has 4 nitrogen and oxygen atoms in total. The van der Waals surface area contributed by atoms with Crippen molar-refractivity contribution in [2.45, 2.75) is 19.8 Å². The van der Waals surface area contributed by atoms with Crippen LogP contribution in [0.5, 0.6) is 5.75 Å². The SMILES string of the molecule is Cc1ccc(CCc2nc(-c3ccc(O)cc3)no2)cc1. The van der Waals surface area contributed by atoms with E-state index in [4.69, 9.17) is 4.52 Å². The smallest absolute Gasteiger partial charge is 0.227 e. The van der Waals surface area contributed by atoms with Crippen LogP contribution < -0.4 is 0 Å². The second kappa shape index (κ2) is 5.79. The Balaban J connectivity index is 1.67. The van der Waals surface area contributed by atoms with Gasteiger partial charge in [-0.2, -0.15) is 4.98 Å². The van der Waals surface area contributed by atoms with Crippen molar-refractivity contribution in [1.29, 1.82) is 0 Å². The molecule has 0 bridgehead atoms. The molecule has 0 fully saturated rings. The number of benzene rings is 2. The third kappa shape index (κ3) is 3.28. The number of nitrogens with zero attached hydrogens (tertiary/aromatic N) is 2. The Labute approximate surface area is 123 Å². The second-order valence-corrected chi connectivity index (χ2v) is 5.04. The van der Waals surface area contributed by atoms with E-state index in [0.29, 0.717) is 18.1 Å². The van der Waals surface area contributed by atoms with Gasteiger partial charge in [0, 0.05) is 12.0 Å². The summed E-state index contributed by atoms with van der Waals surface area (Å²) in [6.45, 7) is 2.08. The van der Waals surface area contributed by atoms with Crippen LogP contribution in [0.25, 0.3) is 11.4 Å². The van der Waals surface area contributed by atoms with Gasteiger partial charge < -0.3 is 9.63 Å². The van der Waals surface area contributed by atoms with Crippen LogP contribution >= 0.6 is 0 Å². The largest absolute Gasteiger partial charge is 0.508 e. The van der Waals surface area contributed by atoms with Gasteiger partial charge in [-0.15, -0.1) is 0 Å². The maximum absolute atomic E-state index is 9.27. The Kier molecular flexibility index (Phi) is 3.69. The number of aromatic nitrogens is 2. The molecule has 3 aromatic rings. The van der Waals surface area contributed by atoms with Gasteiger partial charge in [-0.1, -0.05) is 35.0 Å². The van der Waals surface area contributed by atoms with Gasteiger partial charge in [0.05, 0.1) is 0 Å². The Morgan fingerprint density at radius 3 is 2.38 bits per heavy atom. The lowest BCUT2D eigenvalue weighted by Crippen LogP contribution is -1.91. The van der Waals surface area contributed by atoms with Crippen molar-refractivity contribution in [2.24, 2.45) is 0 Å². The summed E-state index contributed by atoms with van der Waals surface area (Å²) in [5, 5.41) is 13.2. The molecule has 0 aliphatic carbocycles. The van der Waals surface area contributed by atoms with Crippen molar-refractivity contribution < 1.29 is 9.63 Å². The van der Waals surface area contributed by atoms with Gasteiger partial charge in [-0.05, 0) is 43.2 Å². The van der Waals surface area contributed by atoms with Gasteiger partial charge in [0.1, 0.15) is 5.75 Å². The van der Waals surface area contributed by atoms with Crippen molar-refractivity contribution >= 4 is 0 Å². The number of phenols is 1. The van der Waals surface area contributed by atoms with Crippen molar-refractivity contribution in [3.05, 3.63) is 65.5 Å². The molecule has 106 valence electrons. The molecule has 1 heterocycles. The highest BCUT2D eigenvalue weighted by atomic mass is 16.5. The first-order valence-corrected chi connectivity index (χ1v) is 6.88. The minimum absolute atomic E-state index is 0.224. The van der Waals surface area contributed by atoms with Crippen LogP contribution in [0.4, 0.5) is 0 Å². The molecule has 2 aromatic carbocycles. The minimum atomic E-state index is 0.224. The summed E-state index contributed by atoms with van der Waals surface area (Å²) < 4.78 is 5.27. The predicted octanol–water partition coefficient (Wildman–Crippen LogP) is 3.54. The fourth-order valence-electron chi connectivity index (χ4n) is 2.09. The van der Waals surface area contributed by atoms with Gasteiger partial charge >= 0.3 is 0 Å². The van der Waals surface area contributed by atoms with Crippen molar-refractivity contribution in [2.75, 3.05) is 0 Å². The third-order valence-corrected chi connectivity index (χ3v) is 3.34. The summed E-state index contributed by atoms with van der Waals surface area (Å²) in [7, 11) is 0. The van der Waals surface area contributed by atoms with Crippen LogP contribution in [-0.2, 0) is 12.8 Å². The van der Waals surface area contributed by atoms with Crippen LogP contribution in [0.1, 0.15) is 17.0 Å². The summed E-state index contributed by atoms with van der Waals surface area (Å²) in [6.07, 6.45) is 1.59. The fraction of sp³-hybridized carbons (Fsp3) is 0.176. The Hall–Kier alpha value is -2.62. The van der Waals surface area contributed by atoms with Gasteiger partial charge in [-0.3, -0.25) is 0 Å². The zero-order valence-electron chi connectivity index (χ0n) is 11.8. The van der Waals surface area contributed by atoms with Crippen LogP contribution in [0.15, 0.2) is 53.1 Å². The lowest BCUT2D eigenvalue weighted by atomic mass is 10.1. The molecule has 0 radical (unpaired) electrons.